The Balaban J connectivity index is 1.82. The number of nitrogen functional groups attached to an aromatic ring is 1. The van der Waals surface area contributed by atoms with Crippen molar-refractivity contribution >= 4 is 5.69 Å². The topological polar surface area (TPSA) is 49.5 Å². The Hall–Kier alpha value is -1.84. The minimum atomic E-state index is -0.461. The molecule has 20 heavy (non-hydrogen) atoms. The summed E-state index contributed by atoms with van der Waals surface area (Å²) in [7, 11) is 2.07. The number of aliphatic hydroxyl groups is 1. The molecule has 3 heteroatoms. The molecule has 0 spiro atoms. The Morgan fingerprint density at radius 3 is 2.55 bits per heavy atom. The SMILES string of the molecule is CN(CCC(O)c1cccc(N)c1)Cc1ccccc1. The Morgan fingerprint density at radius 2 is 1.85 bits per heavy atom. The van der Waals surface area contributed by atoms with Crippen molar-refractivity contribution in [2.45, 2.75) is 19.1 Å². The number of nitrogens with two attached hydrogens (primary N) is 1. The van der Waals surface area contributed by atoms with Gasteiger partial charge in [-0.1, -0.05) is 42.5 Å². The summed E-state index contributed by atoms with van der Waals surface area (Å²) in [5, 5.41) is 10.2. The maximum atomic E-state index is 10.2. The van der Waals surface area contributed by atoms with Gasteiger partial charge in [0.15, 0.2) is 0 Å². The molecule has 0 aromatic heterocycles. The van der Waals surface area contributed by atoms with E-state index in [0.717, 1.165) is 18.7 Å². The summed E-state index contributed by atoms with van der Waals surface area (Å²) in [6, 6.07) is 17.8. The second kappa shape index (κ2) is 7.08. The normalized spacial score (nSPS) is 12.6. The molecule has 3 nitrogen and oxygen atoms in total. The smallest absolute Gasteiger partial charge is 0.0803 e. The summed E-state index contributed by atoms with van der Waals surface area (Å²) in [4.78, 5) is 2.21. The van der Waals surface area contributed by atoms with E-state index < -0.39 is 6.10 Å². The van der Waals surface area contributed by atoms with Gasteiger partial charge in [-0.05, 0) is 36.7 Å². The first-order valence-corrected chi connectivity index (χ1v) is 6.91. The van der Waals surface area contributed by atoms with Crippen LogP contribution >= 0.6 is 0 Å². The van der Waals surface area contributed by atoms with Crippen molar-refractivity contribution in [1.82, 2.24) is 4.90 Å². The quantitative estimate of drug-likeness (QED) is 0.794. The number of nitrogens with zero attached hydrogens (tertiary/aromatic N) is 1. The molecule has 0 radical (unpaired) electrons. The van der Waals surface area contributed by atoms with Gasteiger partial charge in [-0.25, -0.2) is 0 Å². The molecular weight excluding hydrogens is 248 g/mol. The Kier molecular flexibility index (Phi) is 5.16. The van der Waals surface area contributed by atoms with Crippen LogP contribution in [0.1, 0.15) is 23.7 Å². The maximum Gasteiger partial charge on any atom is 0.0803 e. The molecule has 0 fully saturated rings. The number of aliphatic hydroxyl groups excluding tert-OH is 1. The van der Waals surface area contributed by atoms with E-state index in [-0.39, 0.29) is 0 Å². The van der Waals surface area contributed by atoms with Gasteiger partial charge in [-0.15, -0.1) is 0 Å². The molecular formula is C17H22N2O. The molecule has 0 saturated carbocycles. The average Bonchev–Trinajstić information content (AvgIpc) is 2.46. The number of benzene rings is 2. The van der Waals surface area contributed by atoms with Crippen LogP contribution in [0.3, 0.4) is 0 Å². The van der Waals surface area contributed by atoms with Crippen LogP contribution in [0.4, 0.5) is 5.69 Å². The first-order chi connectivity index (χ1) is 9.65. The monoisotopic (exact) mass is 270 g/mol. The van der Waals surface area contributed by atoms with Crippen molar-refractivity contribution in [3.05, 3.63) is 65.7 Å². The predicted molar refractivity (Wildman–Crippen MR) is 83.2 cm³/mol. The highest BCUT2D eigenvalue weighted by atomic mass is 16.3. The number of hydrogen-bond donors (Lipinski definition) is 2. The van der Waals surface area contributed by atoms with Crippen LogP contribution in [-0.2, 0) is 6.54 Å². The first kappa shape index (κ1) is 14.6. The number of anilines is 1. The van der Waals surface area contributed by atoms with Crippen LogP contribution in [0.25, 0.3) is 0 Å². The van der Waals surface area contributed by atoms with Gasteiger partial charge < -0.3 is 15.7 Å². The Morgan fingerprint density at radius 1 is 1.10 bits per heavy atom. The largest absolute Gasteiger partial charge is 0.399 e. The maximum absolute atomic E-state index is 10.2. The van der Waals surface area contributed by atoms with Crippen LogP contribution in [0.2, 0.25) is 0 Å². The van der Waals surface area contributed by atoms with E-state index in [1.54, 1.807) is 0 Å². The van der Waals surface area contributed by atoms with Crippen LogP contribution in [0, 0.1) is 0 Å². The fraction of sp³-hybridized carbons (Fsp3) is 0.294. The van der Waals surface area contributed by atoms with Crippen LogP contribution in [0.5, 0.6) is 0 Å². The summed E-state index contributed by atoms with van der Waals surface area (Å²) >= 11 is 0. The third-order valence-corrected chi connectivity index (χ3v) is 3.38. The minimum absolute atomic E-state index is 0.461. The average molecular weight is 270 g/mol. The molecule has 2 aromatic carbocycles. The molecule has 0 aliphatic rings. The second-order valence-corrected chi connectivity index (χ2v) is 5.20. The van der Waals surface area contributed by atoms with Crippen molar-refractivity contribution in [2.24, 2.45) is 0 Å². The third-order valence-electron chi connectivity index (χ3n) is 3.38. The van der Waals surface area contributed by atoms with E-state index in [1.165, 1.54) is 5.56 Å². The van der Waals surface area contributed by atoms with E-state index in [2.05, 4.69) is 24.1 Å². The number of hydrogen-bond acceptors (Lipinski definition) is 3. The molecule has 0 aliphatic carbocycles. The van der Waals surface area contributed by atoms with E-state index in [9.17, 15) is 5.11 Å². The molecule has 0 bridgehead atoms. The first-order valence-electron chi connectivity index (χ1n) is 6.91. The van der Waals surface area contributed by atoms with E-state index >= 15 is 0 Å². The fourth-order valence-electron chi connectivity index (χ4n) is 2.25. The highest BCUT2D eigenvalue weighted by Crippen LogP contribution is 2.19. The molecule has 0 heterocycles. The molecule has 3 N–H and O–H groups in total. The van der Waals surface area contributed by atoms with Gasteiger partial charge in [0.25, 0.3) is 0 Å². The Bertz CT molecular complexity index is 528. The van der Waals surface area contributed by atoms with Gasteiger partial charge in [-0.3, -0.25) is 0 Å². The lowest BCUT2D eigenvalue weighted by atomic mass is 10.1. The summed E-state index contributed by atoms with van der Waals surface area (Å²) in [6.07, 6.45) is 0.240. The molecule has 106 valence electrons. The van der Waals surface area contributed by atoms with Crippen molar-refractivity contribution in [2.75, 3.05) is 19.3 Å². The lowest BCUT2D eigenvalue weighted by Crippen LogP contribution is -2.20. The van der Waals surface area contributed by atoms with Crippen molar-refractivity contribution in [3.8, 4) is 0 Å². The molecule has 0 saturated heterocycles. The molecule has 0 aliphatic heterocycles. The predicted octanol–water partition coefficient (Wildman–Crippen LogP) is 2.82. The molecule has 2 aromatic rings. The van der Waals surface area contributed by atoms with E-state index in [4.69, 9.17) is 5.73 Å². The van der Waals surface area contributed by atoms with Gasteiger partial charge in [0.1, 0.15) is 0 Å². The summed E-state index contributed by atoms with van der Waals surface area (Å²) < 4.78 is 0. The minimum Gasteiger partial charge on any atom is -0.399 e. The zero-order valence-electron chi connectivity index (χ0n) is 11.9. The molecule has 1 unspecified atom stereocenters. The molecule has 2 rings (SSSR count). The van der Waals surface area contributed by atoms with Gasteiger partial charge >= 0.3 is 0 Å². The van der Waals surface area contributed by atoms with Gasteiger partial charge in [-0.2, -0.15) is 0 Å². The van der Waals surface area contributed by atoms with Crippen LogP contribution in [-0.4, -0.2) is 23.6 Å². The zero-order chi connectivity index (χ0) is 14.4. The third kappa shape index (κ3) is 4.37. The lowest BCUT2D eigenvalue weighted by molar-refractivity contribution is 0.147. The summed E-state index contributed by atoms with van der Waals surface area (Å²) in [5.41, 5.74) is 8.60. The van der Waals surface area contributed by atoms with Crippen molar-refractivity contribution < 1.29 is 5.11 Å². The van der Waals surface area contributed by atoms with E-state index in [1.807, 2.05) is 42.5 Å². The van der Waals surface area contributed by atoms with Gasteiger partial charge in [0, 0.05) is 18.8 Å². The fourth-order valence-corrected chi connectivity index (χ4v) is 2.25. The molecule has 0 amide bonds. The summed E-state index contributed by atoms with van der Waals surface area (Å²) in [5.74, 6) is 0. The van der Waals surface area contributed by atoms with E-state index in [0.29, 0.717) is 12.1 Å². The van der Waals surface area contributed by atoms with Crippen molar-refractivity contribution in [3.63, 3.8) is 0 Å². The lowest BCUT2D eigenvalue weighted by Gasteiger charge is -2.19. The van der Waals surface area contributed by atoms with Gasteiger partial charge in [0.2, 0.25) is 0 Å². The van der Waals surface area contributed by atoms with Crippen LogP contribution < -0.4 is 5.73 Å². The van der Waals surface area contributed by atoms with Crippen molar-refractivity contribution in [1.29, 1.82) is 0 Å². The van der Waals surface area contributed by atoms with Gasteiger partial charge in [0.05, 0.1) is 6.10 Å². The zero-order valence-corrected chi connectivity index (χ0v) is 11.9. The number of rotatable bonds is 6. The standard InChI is InChI=1S/C17H22N2O/c1-19(13-14-6-3-2-4-7-14)11-10-17(20)15-8-5-9-16(18)12-15/h2-9,12,17,20H,10-11,13,18H2,1H3. The Labute approximate surface area is 120 Å². The molecule has 1 atom stereocenters. The highest BCUT2D eigenvalue weighted by Gasteiger charge is 2.09. The second-order valence-electron chi connectivity index (χ2n) is 5.20. The summed E-state index contributed by atoms with van der Waals surface area (Å²) in [6.45, 7) is 1.73. The highest BCUT2D eigenvalue weighted by molar-refractivity contribution is 5.41. The van der Waals surface area contributed by atoms with Crippen LogP contribution in [0.15, 0.2) is 54.6 Å².